The zero-order valence-electron chi connectivity index (χ0n) is 22.3. The van der Waals surface area contributed by atoms with Crippen molar-refractivity contribution in [1.82, 2.24) is 9.47 Å². The number of rotatable bonds is 9. The van der Waals surface area contributed by atoms with Crippen LogP contribution in [0.4, 0.5) is 4.79 Å². The fourth-order valence-corrected chi connectivity index (χ4v) is 5.54. The van der Waals surface area contributed by atoms with Crippen molar-refractivity contribution in [3.05, 3.63) is 96.6 Å². The fraction of sp³-hybridized carbons (Fsp3) is 0.242. The molecular weight excluding hydrogens is 504 g/mol. The average molecular weight is 537 g/mol. The first-order chi connectivity index (χ1) is 19.7. The molecule has 1 aromatic heterocycles. The molecule has 4 aromatic carbocycles. The second kappa shape index (κ2) is 11.8. The molecule has 0 spiro atoms. The van der Waals surface area contributed by atoms with Gasteiger partial charge in [0.05, 0.1) is 30.9 Å². The number of ether oxygens (including phenoxy) is 3. The van der Waals surface area contributed by atoms with Crippen LogP contribution in [0, 0.1) is 0 Å². The lowest BCUT2D eigenvalue weighted by molar-refractivity contribution is 0.0342. The van der Waals surface area contributed by atoms with Crippen molar-refractivity contribution >= 4 is 27.8 Å². The minimum Gasteiger partial charge on any atom is -0.493 e. The van der Waals surface area contributed by atoms with Gasteiger partial charge in [-0.2, -0.15) is 0 Å². The molecule has 204 valence electrons. The maximum atomic E-state index is 11.9. The van der Waals surface area contributed by atoms with Crippen molar-refractivity contribution in [2.24, 2.45) is 0 Å². The normalized spacial score (nSPS) is 14.0. The molecule has 1 aliphatic heterocycles. The van der Waals surface area contributed by atoms with Gasteiger partial charge in [0.2, 0.25) is 5.88 Å². The first-order valence-electron chi connectivity index (χ1n) is 13.7. The number of para-hydroxylation sites is 1. The minimum absolute atomic E-state index is 0.336. The topological polar surface area (TPSA) is 73.2 Å². The van der Waals surface area contributed by atoms with Crippen LogP contribution in [0.1, 0.15) is 12.0 Å². The number of hydrogen-bond acceptors (Lipinski definition) is 5. The molecule has 0 bridgehead atoms. The highest BCUT2D eigenvalue weighted by Crippen LogP contribution is 2.41. The van der Waals surface area contributed by atoms with Gasteiger partial charge in [-0.25, -0.2) is 4.79 Å². The summed E-state index contributed by atoms with van der Waals surface area (Å²) in [5.41, 5.74) is 3.82. The van der Waals surface area contributed by atoms with Crippen LogP contribution in [0.15, 0.2) is 91.0 Å². The number of fused-ring (bicyclic) bond motifs is 2. The van der Waals surface area contributed by atoms with Gasteiger partial charge in [-0.15, -0.1) is 0 Å². The molecular formula is C33H32N2O5. The number of hydrogen-bond donors (Lipinski definition) is 1. The molecule has 0 aliphatic carbocycles. The van der Waals surface area contributed by atoms with E-state index in [-0.39, 0.29) is 0 Å². The van der Waals surface area contributed by atoms with Crippen molar-refractivity contribution in [2.45, 2.75) is 19.5 Å². The van der Waals surface area contributed by atoms with Crippen LogP contribution < -0.4 is 9.47 Å². The number of aryl methyl sites for hydroxylation is 1. The predicted molar refractivity (Wildman–Crippen MR) is 156 cm³/mol. The van der Waals surface area contributed by atoms with Gasteiger partial charge < -0.3 is 23.9 Å². The van der Waals surface area contributed by atoms with E-state index in [1.54, 1.807) is 0 Å². The number of benzene rings is 4. The molecule has 0 amide bonds. The van der Waals surface area contributed by atoms with E-state index in [1.807, 2.05) is 65.2 Å². The summed E-state index contributed by atoms with van der Waals surface area (Å²) < 4.78 is 19.1. The zero-order chi connectivity index (χ0) is 27.3. The Labute approximate surface area is 233 Å². The third-order valence-corrected chi connectivity index (χ3v) is 7.37. The van der Waals surface area contributed by atoms with Gasteiger partial charge >= 0.3 is 6.16 Å². The first kappa shape index (κ1) is 25.9. The van der Waals surface area contributed by atoms with Crippen LogP contribution >= 0.6 is 0 Å². The first-order valence-corrected chi connectivity index (χ1v) is 13.7. The predicted octanol–water partition coefficient (Wildman–Crippen LogP) is 6.82. The molecule has 1 N–H and O–H groups in total. The van der Waals surface area contributed by atoms with E-state index in [1.165, 1.54) is 5.56 Å². The summed E-state index contributed by atoms with van der Waals surface area (Å²) in [6.45, 7) is 5.13. The van der Waals surface area contributed by atoms with Crippen LogP contribution in [-0.2, 0) is 17.8 Å². The lowest BCUT2D eigenvalue weighted by atomic mass is 10.0. The third kappa shape index (κ3) is 5.52. The monoisotopic (exact) mass is 536 g/mol. The number of nitrogens with zero attached hydrogens (tertiary/aromatic N) is 2. The van der Waals surface area contributed by atoms with E-state index in [0.29, 0.717) is 25.5 Å². The average Bonchev–Trinajstić information content (AvgIpc) is 3.28. The van der Waals surface area contributed by atoms with Gasteiger partial charge in [0.15, 0.2) is 0 Å². The standard InChI is InChI=1S/C33H32N2O5/c36-33(37)40-32-31(26-11-5-8-24(22-26)23-34-17-20-38-21-18-34)28-13-3-4-14-29(28)35(32)16-7-19-39-30-15-6-10-25-9-1-2-12-27(25)30/h1-6,8-15,22H,7,16-21,23H2,(H,36,37). The third-order valence-electron chi connectivity index (χ3n) is 7.37. The largest absolute Gasteiger partial charge is 0.512 e. The van der Waals surface area contributed by atoms with Gasteiger partial charge in [0.1, 0.15) is 5.75 Å². The summed E-state index contributed by atoms with van der Waals surface area (Å²) in [6, 6.07) is 30.5. The molecule has 1 aliphatic rings. The van der Waals surface area contributed by atoms with Crippen molar-refractivity contribution in [3.8, 4) is 22.8 Å². The maximum Gasteiger partial charge on any atom is 0.512 e. The van der Waals surface area contributed by atoms with Gasteiger partial charge in [-0.05, 0) is 41.1 Å². The smallest absolute Gasteiger partial charge is 0.493 e. The fourth-order valence-electron chi connectivity index (χ4n) is 5.54. The van der Waals surface area contributed by atoms with Gasteiger partial charge in [0, 0.05) is 37.0 Å². The lowest BCUT2D eigenvalue weighted by Crippen LogP contribution is -2.35. The molecule has 7 heteroatoms. The Balaban J connectivity index is 1.29. The SMILES string of the molecule is O=C(O)Oc1c(-c2cccc(CN3CCOCC3)c2)c2ccccc2n1CCCOc1cccc2ccccc12. The van der Waals surface area contributed by atoms with Crippen molar-refractivity contribution in [1.29, 1.82) is 0 Å². The second-order valence-electron chi connectivity index (χ2n) is 9.99. The molecule has 5 aromatic rings. The highest BCUT2D eigenvalue weighted by Gasteiger charge is 2.22. The Hall–Kier alpha value is -4.33. The van der Waals surface area contributed by atoms with E-state index in [4.69, 9.17) is 14.2 Å². The molecule has 40 heavy (non-hydrogen) atoms. The van der Waals surface area contributed by atoms with Crippen LogP contribution in [-0.4, -0.2) is 53.6 Å². The Kier molecular flexibility index (Phi) is 7.66. The highest BCUT2D eigenvalue weighted by molar-refractivity contribution is 6.00. The summed E-state index contributed by atoms with van der Waals surface area (Å²) >= 11 is 0. The molecule has 0 radical (unpaired) electrons. The molecule has 6 rings (SSSR count). The lowest BCUT2D eigenvalue weighted by Gasteiger charge is -2.26. The van der Waals surface area contributed by atoms with Crippen LogP contribution in [0.2, 0.25) is 0 Å². The second-order valence-corrected chi connectivity index (χ2v) is 9.99. The Morgan fingerprint density at radius 3 is 2.48 bits per heavy atom. The Bertz CT molecular complexity index is 1630. The maximum absolute atomic E-state index is 11.9. The van der Waals surface area contributed by atoms with Crippen molar-refractivity contribution in [2.75, 3.05) is 32.9 Å². The zero-order valence-corrected chi connectivity index (χ0v) is 22.3. The molecule has 2 heterocycles. The highest BCUT2D eigenvalue weighted by atomic mass is 16.7. The van der Waals surface area contributed by atoms with E-state index >= 15 is 0 Å². The summed E-state index contributed by atoms with van der Waals surface area (Å²) in [5.74, 6) is 1.18. The van der Waals surface area contributed by atoms with E-state index in [2.05, 4.69) is 35.2 Å². The Morgan fingerprint density at radius 2 is 1.62 bits per heavy atom. The quantitative estimate of drug-likeness (QED) is 0.165. The van der Waals surface area contributed by atoms with E-state index in [9.17, 15) is 9.90 Å². The molecule has 1 fully saturated rings. The summed E-state index contributed by atoms with van der Waals surface area (Å²) in [6.07, 6.45) is -0.657. The molecule has 0 saturated carbocycles. The van der Waals surface area contributed by atoms with E-state index < -0.39 is 6.16 Å². The van der Waals surface area contributed by atoms with Crippen LogP contribution in [0.5, 0.6) is 11.6 Å². The molecule has 0 atom stereocenters. The molecule has 1 saturated heterocycles. The number of carboxylic acid groups (broad SMARTS) is 1. The number of aromatic nitrogens is 1. The van der Waals surface area contributed by atoms with E-state index in [0.717, 1.165) is 71.4 Å². The van der Waals surface area contributed by atoms with Crippen molar-refractivity contribution < 1.29 is 24.1 Å². The summed E-state index contributed by atoms with van der Waals surface area (Å²) in [7, 11) is 0. The van der Waals surface area contributed by atoms with Gasteiger partial charge in [0.25, 0.3) is 0 Å². The number of carbonyl (C=O) groups is 1. The van der Waals surface area contributed by atoms with Crippen LogP contribution in [0.25, 0.3) is 32.8 Å². The summed E-state index contributed by atoms with van der Waals surface area (Å²) in [4.78, 5) is 14.2. The van der Waals surface area contributed by atoms with Crippen molar-refractivity contribution in [3.63, 3.8) is 0 Å². The minimum atomic E-state index is -1.33. The molecule has 0 unspecified atom stereocenters. The molecule has 7 nitrogen and oxygen atoms in total. The van der Waals surface area contributed by atoms with Gasteiger partial charge in [-0.3, -0.25) is 4.90 Å². The summed E-state index contributed by atoms with van der Waals surface area (Å²) in [5, 5.41) is 12.9. The Morgan fingerprint density at radius 1 is 0.875 bits per heavy atom. The number of morpholine rings is 1. The van der Waals surface area contributed by atoms with Crippen LogP contribution in [0.3, 0.4) is 0 Å². The van der Waals surface area contributed by atoms with Gasteiger partial charge in [-0.1, -0.05) is 72.8 Å².